The van der Waals surface area contributed by atoms with Crippen molar-refractivity contribution in [3.05, 3.63) is 71.1 Å². The molecule has 9 heteroatoms. The minimum absolute atomic E-state index is 0.000739. The van der Waals surface area contributed by atoms with Gasteiger partial charge in [0.2, 0.25) is 0 Å². The van der Waals surface area contributed by atoms with Gasteiger partial charge in [-0.25, -0.2) is 8.42 Å². The molecule has 35 heavy (non-hydrogen) atoms. The Kier molecular flexibility index (Phi) is 7.18. The minimum Gasteiger partial charge on any atom is -0.493 e. The Balaban J connectivity index is 1.49. The Morgan fingerprint density at radius 2 is 1.94 bits per heavy atom. The van der Waals surface area contributed by atoms with Gasteiger partial charge in [0.15, 0.2) is 11.5 Å². The first-order valence-electron chi connectivity index (χ1n) is 11.5. The van der Waals surface area contributed by atoms with E-state index >= 15 is 0 Å². The third kappa shape index (κ3) is 4.92. The molecule has 4 rings (SSSR count). The molecule has 0 aliphatic carbocycles. The van der Waals surface area contributed by atoms with Crippen molar-refractivity contribution in [2.24, 2.45) is 0 Å². The second kappa shape index (κ2) is 10.1. The van der Waals surface area contributed by atoms with Gasteiger partial charge in [-0.15, -0.1) is 0 Å². The number of nitrogens with zero attached hydrogens (tertiary/aromatic N) is 3. The molecule has 0 saturated heterocycles. The number of para-hydroxylation sites is 1. The zero-order valence-electron chi connectivity index (χ0n) is 20.4. The van der Waals surface area contributed by atoms with Crippen LogP contribution in [0.2, 0.25) is 0 Å². The number of benzene rings is 2. The van der Waals surface area contributed by atoms with Crippen LogP contribution in [0.4, 0.5) is 5.69 Å². The number of ether oxygens (including phenoxy) is 2. The van der Waals surface area contributed by atoms with Crippen LogP contribution in [0, 0.1) is 13.8 Å². The van der Waals surface area contributed by atoms with Crippen molar-refractivity contribution in [2.45, 2.75) is 44.7 Å². The molecular formula is C26H31N3O5S. The van der Waals surface area contributed by atoms with E-state index in [0.29, 0.717) is 41.5 Å². The summed E-state index contributed by atoms with van der Waals surface area (Å²) in [7, 11) is -2.22. The Morgan fingerprint density at radius 1 is 1.17 bits per heavy atom. The third-order valence-corrected chi connectivity index (χ3v) is 8.14. The number of aromatic nitrogens is 2. The summed E-state index contributed by atoms with van der Waals surface area (Å²) in [4.78, 5) is 0.184. The van der Waals surface area contributed by atoms with E-state index in [1.165, 1.54) is 8.99 Å². The highest BCUT2D eigenvalue weighted by molar-refractivity contribution is 7.93. The molecule has 1 unspecified atom stereocenters. The van der Waals surface area contributed by atoms with Gasteiger partial charge in [-0.3, -0.25) is 8.99 Å². The molecule has 1 aliphatic heterocycles. The van der Waals surface area contributed by atoms with Crippen LogP contribution in [0.25, 0.3) is 6.08 Å². The van der Waals surface area contributed by atoms with Gasteiger partial charge < -0.3 is 14.6 Å². The average Bonchev–Trinajstić information content (AvgIpc) is 3.39. The molecule has 1 N–H and O–H groups in total. The Labute approximate surface area is 206 Å². The number of rotatable bonds is 9. The fraction of sp³-hybridized carbons (Fsp3) is 0.346. The average molecular weight is 498 g/mol. The Hall–Kier alpha value is -3.30. The topological polar surface area (TPSA) is 93.9 Å². The van der Waals surface area contributed by atoms with Gasteiger partial charge >= 0.3 is 0 Å². The lowest BCUT2D eigenvalue weighted by molar-refractivity contribution is 0.0872. The SMILES string of the molecule is C/C=C/c1ccc(OCC(O)Cn2nc(C)c(S(=O)(=O)N3CCc4ccccc43)c2C)c(OC)c1. The molecule has 1 aromatic heterocycles. The largest absolute Gasteiger partial charge is 0.493 e. The smallest absolute Gasteiger partial charge is 0.268 e. The van der Waals surface area contributed by atoms with Gasteiger partial charge in [-0.2, -0.15) is 5.10 Å². The summed E-state index contributed by atoms with van der Waals surface area (Å²) in [6.07, 6.45) is 3.66. The fourth-order valence-electron chi connectivity index (χ4n) is 4.44. The normalized spacial score (nSPS) is 14.4. The molecular weight excluding hydrogens is 466 g/mol. The lowest BCUT2D eigenvalue weighted by Gasteiger charge is -2.20. The molecule has 0 fully saturated rings. The second-order valence-electron chi connectivity index (χ2n) is 8.51. The number of aryl methyl sites for hydroxylation is 1. The van der Waals surface area contributed by atoms with E-state index in [-0.39, 0.29) is 18.0 Å². The van der Waals surface area contributed by atoms with Crippen LogP contribution in [0.5, 0.6) is 11.5 Å². The summed E-state index contributed by atoms with van der Waals surface area (Å²) in [6.45, 7) is 5.82. The highest BCUT2D eigenvalue weighted by Crippen LogP contribution is 2.34. The van der Waals surface area contributed by atoms with Gasteiger partial charge in [0.1, 0.15) is 17.6 Å². The maximum atomic E-state index is 13.6. The monoisotopic (exact) mass is 497 g/mol. The summed E-state index contributed by atoms with van der Waals surface area (Å²) in [6, 6.07) is 13.1. The van der Waals surface area contributed by atoms with E-state index in [0.717, 1.165) is 11.1 Å². The van der Waals surface area contributed by atoms with Gasteiger partial charge in [0.25, 0.3) is 10.0 Å². The molecule has 0 spiro atoms. The highest BCUT2D eigenvalue weighted by atomic mass is 32.2. The van der Waals surface area contributed by atoms with Crippen molar-refractivity contribution in [2.75, 3.05) is 24.6 Å². The van der Waals surface area contributed by atoms with E-state index in [1.807, 2.05) is 55.5 Å². The molecule has 2 aromatic carbocycles. The molecule has 1 aliphatic rings. The second-order valence-corrected chi connectivity index (χ2v) is 10.3. The van der Waals surface area contributed by atoms with Crippen LogP contribution in [-0.2, 0) is 23.0 Å². The van der Waals surface area contributed by atoms with Gasteiger partial charge in [0.05, 0.1) is 30.7 Å². The van der Waals surface area contributed by atoms with Crippen LogP contribution >= 0.6 is 0 Å². The predicted molar refractivity (Wildman–Crippen MR) is 136 cm³/mol. The van der Waals surface area contributed by atoms with Crippen molar-refractivity contribution in [3.8, 4) is 11.5 Å². The van der Waals surface area contributed by atoms with Crippen molar-refractivity contribution in [1.29, 1.82) is 0 Å². The number of aliphatic hydroxyl groups is 1. The molecule has 186 valence electrons. The number of hydrogen-bond acceptors (Lipinski definition) is 6. The standard InChI is InChI=1S/C26H31N3O5S/c1-5-8-20-11-12-24(25(15-20)33-4)34-17-22(30)16-28-19(3)26(18(2)27-28)35(31,32)29-14-13-21-9-6-7-10-23(21)29/h5-12,15,22,30H,13-14,16-17H2,1-4H3/b8-5+. The van der Waals surface area contributed by atoms with E-state index in [1.54, 1.807) is 27.0 Å². The van der Waals surface area contributed by atoms with Crippen LogP contribution in [0.1, 0.15) is 29.4 Å². The summed E-state index contributed by atoms with van der Waals surface area (Å²) in [5.74, 6) is 1.09. The number of fused-ring (bicyclic) bond motifs is 1. The van der Waals surface area contributed by atoms with Crippen LogP contribution in [0.3, 0.4) is 0 Å². The highest BCUT2D eigenvalue weighted by Gasteiger charge is 2.35. The number of hydrogen-bond donors (Lipinski definition) is 1. The maximum absolute atomic E-state index is 13.6. The molecule has 2 heterocycles. The first-order chi connectivity index (χ1) is 16.8. The van der Waals surface area contributed by atoms with Crippen LogP contribution in [0.15, 0.2) is 53.4 Å². The lowest BCUT2D eigenvalue weighted by Crippen LogP contribution is -2.30. The quantitative estimate of drug-likeness (QED) is 0.484. The maximum Gasteiger partial charge on any atom is 0.268 e. The molecule has 0 saturated carbocycles. The van der Waals surface area contributed by atoms with E-state index in [4.69, 9.17) is 9.47 Å². The van der Waals surface area contributed by atoms with Crippen LogP contribution < -0.4 is 13.8 Å². The molecule has 0 amide bonds. The van der Waals surface area contributed by atoms with E-state index in [2.05, 4.69) is 5.10 Å². The van der Waals surface area contributed by atoms with Crippen molar-refractivity contribution in [3.63, 3.8) is 0 Å². The number of sulfonamides is 1. The molecule has 0 radical (unpaired) electrons. The van der Waals surface area contributed by atoms with E-state index in [9.17, 15) is 13.5 Å². The Morgan fingerprint density at radius 3 is 2.69 bits per heavy atom. The summed E-state index contributed by atoms with van der Waals surface area (Å²) in [5, 5.41) is 15.1. The van der Waals surface area contributed by atoms with Gasteiger partial charge in [0, 0.05) is 6.54 Å². The zero-order valence-corrected chi connectivity index (χ0v) is 21.2. The molecule has 8 nitrogen and oxygen atoms in total. The van der Waals surface area contributed by atoms with Crippen LogP contribution in [-0.4, -0.2) is 49.7 Å². The minimum atomic E-state index is -3.79. The zero-order chi connectivity index (χ0) is 25.2. The summed E-state index contributed by atoms with van der Waals surface area (Å²) >= 11 is 0. The Bertz CT molecular complexity index is 1350. The number of aliphatic hydroxyl groups excluding tert-OH is 1. The first-order valence-corrected chi connectivity index (χ1v) is 13.0. The first kappa shape index (κ1) is 24.8. The van der Waals surface area contributed by atoms with Crippen molar-refractivity contribution < 1.29 is 23.0 Å². The van der Waals surface area contributed by atoms with Crippen molar-refractivity contribution in [1.82, 2.24) is 9.78 Å². The lowest BCUT2D eigenvalue weighted by atomic mass is 10.2. The van der Waals surface area contributed by atoms with Gasteiger partial charge in [-0.05, 0) is 56.5 Å². The van der Waals surface area contributed by atoms with E-state index < -0.39 is 16.1 Å². The molecule has 1 atom stereocenters. The molecule has 0 bridgehead atoms. The predicted octanol–water partition coefficient (Wildman–Crippen LogP) is 3.73. The molecule has 3 aromatic rings. The van der Waals surface area contributed by atoms with Gasteiger partial charge in [-0.1, -0.05) is 36.4 Å². The number of allylic oxidation sites excluding steroid dienone is 1. The van der Waals surface area contributed by atoms with Crippen molar-refractivity contribution >= 4 is 21.8 Å². The summed E-state index contributed by atoms with van der Waals surface area (Å²) in [5.41, 5.74) is 3.59. The summed E-state index contributed by atoms with van der Waals surface area (Å²) < 4.78 is 41.3. The number of methoxy groups -OCH3 is 1. The fourth-order valence-corrected chi connectivity index (χ4v) is 6.32. The third-order valence-electron chi connectivity index (χ3n) is 6.07. The number of anilines is 1.